The van der Waals surface area contributed by atoms with Gasteiger partial charge in [0, 0.05) is 22.3 Å². The lowest BCUT2D eigenvalue weighted by Gasteiger charge is -2.26. The van der Waals surface area contributed by atoms with Crippen LogP contribution in [0.2, 0.25) is 0 Å². The lowest BCUT2D eigenvalue weighted by Crippen LogP contribution is -2.50. The van der Waals surface area contributed by atoms with Crippen LogP contribution >= 0.6 is 0 Å². The molecule has 1 aliphatic rings. The highest BCUT2D eigenvalue weighted by Crippen LogP contribution is 2.44. The molecule has 1 atom stereocenters. The highest BCUT2D eigenvalue weighted by molar-refractivity contribution is 6.16. The van der Waals surface area contributed by atoms with Crippen LogP contribution in [0.25, 0.3) is 21.8 Å². The van der Waals surface area contributed by atoms with Crippen LogP contribution < -0.4 is 10.2 Å². The molecule has 0 spiro atoms. The van der Waals surface area contributed by atoms with Gasteiger partial charge in [-0.3, -0.25) is 23.9 Å². The van der Waals surface area contributed by atoms with E-state index in [1.54, 1.807) is 54.0 Å². The molecule has 194 valence electrons. The number of carbonyl (C=O) groups excluding carboxylic acids is 3. The molecule has 0 unspecified atom stereocenters. The Morgan fingerprint density at radius 2 is 1.56 bits per heavy atom. The minimum atomic E-state index is -1.46. The molecule has 1 aliphatic heterocycles. The van der Waals surface area contributed by atoms with E-state index in [4.69, 9.17) is 0 Å². The van der Waals surface area contributed by atoms with Crippen molar-refractivity contribution >= 4 is 50.9 Å². The van der Waals surface area contributed by atoms with Gasteiger partial charge in [0.2, 0.25) is 5.91 Å². The Morgan fingerprint density at radius 1 is 0.897 bits per heavy atom. The fourth-order valence-corrected chi connectivity index (χ4v) is 5.31. The predicted octanol–water partition coefficient (Wildman–Crippen LogP) is 5.95. The molecule has 0 fully saturated rings. The van der Waals surface area contributed by atoms with E-state index >= 15 is 0 Å². The van der Waals surface area contributed by atoms with Crippen LogP contribution in [0.5, 0.6) is 0 Å². The van der Waals surface area contributed by atoms with Gasteiger partial charge in [-0.2, -0.15) is 0 Å². The fourth-order valence-electron chi connectivity index (χ4n) is 5.31. The monoisotopic (exact) mass is 520 g/mol. The second-order valence-electron chi connectivity index (χ2n) is 10.1. The first-order chi connectivity index (χ1) is 18.7. The fraction of sp³-hybridized carbons (Fsp3) is 0.161. The topological polar surface area (TPSA) is 84.3 Å². The maximum atomic E-state index is 14.8. The van der Waals surface area contributed by atoms with Crippen LogP contribution in [-0.2, 0) is 10.3 Å². The number of hydrogen-bond acceptors (Lipinski definition) is 4. The number of nitrogens with one attached hydrogen (secondary N) is 1. The third kappa shape index (κ3) is 3.63. The van der Waals surface area contributed by atoms with Crippen molar-refractivity contribution in [3.63, 3.8) is 0 Å². The van der Waals surface area contributed by atoms with Crippen LogP contribution in [0, 0.1) is 11.7 Å². The van der Waals surface area contributed by atoms with Crippen LogP contribution in [0.4, 0.5) is 15.8 Å². The van der Waals surface area contributed by atoms with Gasteiger partial charge in [-0.25, -0.2) is 9.37 Å². The number of anilines is 2. The molecule has 0 aliphatic carbocycles. The van der Waals surface area contributed by atoms with Crippen molar-refractivity contribution in [3.8, 4) is 0 Å². The van der Waals surface area contributed by atoms with Crippen molar-refractivity contribution in [2.75, 3.05) is 4.90 Å². The average Bonchev–Trinajstić information content (AvgIpc) is 3.37. The normalized spacial score (nSPS) is 16.7. The van der Waals surface area contributed by atoms with E-state index in [2.05, 4.69) is 10.3 Å². The zero-order valence-corrected chi connectivity index (χ0v) is 21.6. The van der Waals surface area contributed by atoms with E-state index in [-0.39, 0.29) is 23.2 Å². The second kappa shape index (κ2) is 8.87. The summed E-state index contributed by atoms with van der Waals surface area (Å²) in [6.45, 7) is 5.28. The first-order valence-electron chi connectivity index (χ1n) is 12.7. The molecule has 39 heavy (non-hydrogen) atoms. The van der Waals surface area contributed by atoms with Crippen molar-refractivity contribution in [3.05, 3.63) is 102 Å². The second-order valence-corrected chi connectivity index (χ2v) is 10.1. The molecule has 0 saturated heterocycles. The van der Waals surface area contributed by atoms with Gasteiger partial charge >= 0.3 is 0 Å². The Kier molecular flexibility index (Phi) is 5.57. The van der Waals surface area contributed by atoms with Crippen LogP contribution in [-0.4, -0.2) is 27.3 Å². The summed E-state index contributed by atoms with van der Waals surface area (Å²) in [6, 6.07) is 22.2. The maximum Gasteiger partial charge on any atom is 0.271 e. The number of para-hydroxylation sites is 3. The zero-order chi connectivity index (χ0) is 27.5. The van der Waals surface area contributed by atoms with Crippen molar-refractivity contribution in [2.24, 2.45) is 5.92 Å². The smallest absolute Gasteiger partial charge is 0.271 e. The number of hydrogen-bond donors (Lipinski definition) is 1. The van der Waals surface area contributed by atoms with E-state index in [0.29, 0.717) is 22.2 Å². The van der Waals surface area contributed by atoms with Crippen LogP contribution in [0.1, 0.15) is 41.6 Å². The SMILES string of the molecule is CC(C)C(=O)n1c2ccccc2c2cc(C(=O)N[C@]3(C)C(=O)N(c4ccccc4F)c4ccccc43)ncc21. The number of aromatic nitrogens is 2. The van der Waals surface area contributed by atoms with Gasteiger partial charge in [-0.15, -0.1) is 0 Å². The van der Waals surface area contributed by atoms with Gasteiger partial charge in [0.05, 0.1) is 28.6 Å². The lowest BCUT2D eigenvalue weighted by atomic mass is 9.93. The molecular formula is C31H25FN4O3. The summed E-state index contributed by atoms with van der Waals surface area (Å²) in [5.74, 6) is -1.91. The molecule has 0 radical (unpaired) electrons. The number of nitrogens with zero attached hydrogens (tertiary/aromatic N) is 3. The number of halogens is 1. The van der Waals surface area contributed by atoms with E-state index in [1.807, 2.05) is 38.1 Å². The van der Waals surface area contributed by atoms with Gasteiger partial charge in [0.1, 0.15) is 17.1 Å². The molecule has 3 heterocycles. The quantitative estimate of drug-likeness (QED) is 0.318. The van der Waals surface area contributed by atoms with Crippen LogP contribution in [0.15, 0.2) is 85.1 Å². The van der Waals surface area contributed by atoms with Gasteiger partial charge in [-0.05, 0) is 37.3 Å². The Balaban J connectivity index is 1.42. The highest BCUT2D eigenvalue weighted by atomic mass is 19.1. The van der Waals surface area contributed by atoms with Crippen molar-refractivity contribution in [1.29, 1.82) is 0 Å². The first-order valence-corrected chi connectivity index (χ1v) is 12.7. The predicted molar refractivity (Wildman–Crippen MR) is 148 cm³/mol. The Labute approximate surface area is 223 Å². The molecule has 2 aromatic heterocycles. The van der Waals surface area contributed by atoms with Gasteiger partial charge < -0.3 is 5.32 Å². The van der Waals surface area contributed by atoms with Gasteiger partial charge in [0.15, 0.2) is 0 Å². The van der Waals surface area contributed by atoms with Crippen LogP contribution in [0.3, 0.4) is 0 Å². The summed E-state index contributed by atoms with van der Waals surface area (Å²) >= 11 is 0. The molecule has 7 nitrogen and oxygen atoms in total. The highest BCUT2D eigenvalue weighted by Gasteiger charge is 2.49. The molecule has 5 aromatic rings. The minimum Gasteiger partial charge on any atom is -0.333 e. The molecule has 3 aromatic carbocycles. The largest absolute Gasteiger partial charge is 0.333 e. The number of rotatable bonds is 4. The van der Waals surface area contributed by atoms with Crippen molar-refractivity contribution in [1.82, 2.24) is 14.9 Å². The molecular weight excluding hydrogens is 495 g/mol. The molecule has 0 saturated carbocycles. The minimum absolute atomic E-state index is 0.0749. The van der Waals surface area contributed by atoms with Gasteiger partial charge in [-0.1, -0.05) is 62.4 Å². The number of carbonyl (C=O) groups is 3. The summed E-state index contributed by atoms with van der Waals surface area (Å²) in [4.78, 5) is 46.1. The number of fused-ring (bicyclic) bond motifs is 4. The third-order valence-electron chi connectivity index (χ3n) is 7.28. The van der Waals surface area contributed by atoms with Crippen molar-refractivity contribution in [2.45, 2.75) is 26.3 Å². The zero-order valence-electron chi connectivity index (χ0n) is 21.6. The number of benzene rings is 3. The average molecular weight is 521 g/mol. The van der Waals surface area contributed by atoms with Crippen molar-refractivity contribution < 1.29 is 18.8 Å². The molecule has 0 bridgehead atoms. The van der Waals surface area contributed by atoms with E-state index in [0.717, 1.165) is 10.9 Å². The molecule has 8 heteroatoms. The van der Waals surface area contributed by atoms with Gasteiger partial charge in [0.25, 0.3) is 11.8 Å². The Bertz CT molecular complexity index is 1830. The standard InChI is InChI=1S/C31H25FN4O3/c1-18(2)29(38)35-24-13-7-4-10-19(24)20-16-23(33-17-27(20)35)28(37)34-31(3)21-11-5-8-14-25(21)36(30(31)39)26-15-9-6-12-22(26)32/h4-18H,1-3H3,(H,34,37)/t31-/m0/s1. The van der Waals surface area contributed by atoms with E-state index in [9.17, 15) is 18.8 Å². The molecule has 6 rings (SSSR count). The Hall–Kier alpha value is -4.85. The van der Waals surface area contributed by atoms with E-state index in [1.165, 1.54) is 23.2 Å². The lowest BCUT2D eigenvalue weighted by molar-refractivity contribution is -0.122. The molecule has 1 N–H and O–H groups in total. The summed E-state index contributed by atoms with van der Waals surface area (Å²) in [7, 11) is 0. The maximum absolute atomic E-state index is 14.8. The summed E-state index contributed by atoms with van der Waals surface area (Å²) in [5, 5.41) is 4.39. The first kappa shape index (κ1) is 24.5. The summed E-state index contributed by atoms with van der Waals surface area (Å²) < 4.78 is 16.4. The third-order valence-corrected chi connectivity index (χ3v) is 7.28. The molecule has 2 amide bonds. The number of amides is 2. The summed E-state index contributed by atoms with van der Waals surface area (Å²) in [5.41, 5.74) is 1.12. The Morgan fingerprint density at radius 3 is 2.31 bits per heavy atom. The van der Waals surface area contributed by atoms with E-state index < -0.39 is 23.2 Å². The summed E-state index contributed by atoms with van der Waals surface area (Å²) in [6.07, 6.45) is 1.52. The number of pyridine rings is 1.